The van der Waals surface area contributed by atoms with E-state index >= 15 is 0 Å². The number of rotatable bonds is 0. The molecule has 1 aliphatic carbocycles. The largest absolute Gasteiger partial charge is 0.397 e. The predicted molar refractivity (Wildman–Crippen MR) is 55.0 cm³/mol. The summed E-state index contributed by atoms with van der Waals surface area (Å²) in [6, 6.07) is 0. The molecule has 1 aromatic heterocycles. The van der Waals surface area contributed by atoms with Gasteiger partial charge in [0, 0.05) is 4.88 Å². The van der Waals surface area contributed by atoms with Crippen LogP contribution in [0, 0.1) is 0 Å². The lowest BCUT2D eigenvalue weighted by Crippen LogP contribution is -1.91. The fraction of sp³-hybridized carbons (Fsp3) is 0.556. The molecule has 2 rings (SSSR count). The van der Waals surface area contributed by atoms with Crippen molar-refractivity contribution >= 4 is 28.6 Å². The minimum Gasteiger partial charge on any atom is -0.397 e. The molecule has 1 aromatic rings. The molecule has 0 saturated carbocycles. The summed E-state index contributed by atoms with van der Waals surface area (Å²) in [7, 11) is 0. The molecule has 12 heavy (non-hydrogen) atoms. The maximum Gasteiger partial charge on any atom is 0.116 e. The maximum atomic E-state index is 5.97. The van der Waals surface area contributed by atoms with Gasteiger partial charge in [0.15, 0.2) is 0 Å². The van der Waals surface area contributed by atoms with Crippen LogP contribution >= 0.6 is 22.9 Å². The number of hydrogen-bond acceptors (Lipinski definition) is 2. The Morgan fingerprint density at radius 1 is 1.17 bits per heavy atom. The fourth-order valence-corrected chi connectivity index (χ4v) is 3.16. The molecule has 66 valence electrons. The molecule has 3 heteroatoms. The summed E-state index contributed by atoms with van der Waals surface area (Å²) < 4.78 is 0.793. The Balaban J connectivity index is 2.42. The number of halogens is 1. The zero-order chi connectivity index (χ0) is 8.55. The minimum absolute atomic E-state index is 0.793. The fourth-order valence-electron chi connectivity index (χ4n) is 1.73. The normalized spacial score (nSPS) is 17.1. The van der Waals surface area contributed by atoms with Gasteiger partial charge in [0.05, 0.1) is 5.69 Å². The van der Waals surface area contributed by atoms with Gasteiger partial charge in [-0.2, -0.15) is 0 Å². The summed E-state index contributed by atoms with van der Waals surface area (Å²) in [6.45, 7) is 0. The highest BCUT2D eigenvalue weighted by Crippen LogP contribution is 2.38. The van der Waals surface area contributed by atoms with E-state index in [9.17, 15) is 0 Å². The van der Waals surface area contributed by atoms with Crippen molar-refractivity contribution in [2.24, 2.45) is 0 Å². The smallest absolute Gasteiger partial charge is 0.116 e. The van der Waals surface area contributed by atoms with Crippen molar-refractivity contribution < 1.29 is 0 Å². The lowest BCUT2D eigenvalue weighted by Gasteiger charge is -1.97. The average Bonchev–Trinajstić information content (AvgIpc) is 2.30. The van der Waals surface area contributed by atoms with Crippen LogP contribution in [0.15, 0.2) is 0 Å². The lowest BCUT2D eigenvalue weighted by atomic mass is 10.1. The zero-order valence-corrected chi connectivity index (χ0v) is 8.47. The summed E-state index contributed by atoms with van der Waals surface area (Å²) >= 11 is 7.64. The molecule has 0 aliphatic heterocycles. The van der Waals surface area contributed by atoms with Crippen LogP contribution in [-0.4, -0.2) is 0 Å². The highest BCUT2D eigenvalue weighted by Gasteiger charge is 2.16. The van der Waals surface area contributed by atoms with E-state index in [4.69, 9.17) is 17.3 Å². The molecule has 2 N–H and O–H groups in total. The van der Waals surface area contributed by atoms with Crippen LogP contribution < -0.4 is 5.73 Å². The highest BCUT2D eigenvalue weighted by molar-refractivity contribution is 7.17. The molecular weight excluding hydrogens is 190 g/mol. The van der Waals surface area contributed by atoms with Gasteiger partial charge in [0.1, 0.15) is 4.34 Å². The van der Waals surface area contributed by atoms with Crippen LogP contribution in [-0.2, 0) is 12.8 Å². The SMILES string of the molecule is Nc1c(Cl)sc2c1CCCCC2. The maximum absolute atomic E-state index is 5.97. The minimum atomic E-state index is 0.793. The van der Waals surface area contributed by atoms with Crippen LogP contribution in [0.2, 0.25) is 4.34 Å². The number of nitrogen functional groups attached to an aromatic ring is 1. The van der Waals surface area contributed by atoms with Crippen molar-refractivity contribution in [3.8, 4) is 0 Å². The molecule has 0 amide bonds. The van der Waals surface area contributed by atoms with E-state index in [2.05, 4.69) is 0 Å². The zero-order valence-electron chi connectivity index (χ0n) is 6.90. The van der Waals surface area contributed by atoms with Gasteiger partial charge in [0.2, 0.25) is 0 Å². The topological polar surface area (TPSA) is 26.0 Å². The Morgan fingerprint density at radius 3 is 2.75 bits per heavy atom. The van der Waals surface area contributed by atoms with Gasteiger partial charge >= 0.3 is 0 Å². The Kier molecular flexibility index (Phi) is 2.28. The monoisotopic (exact) mass is 201 g/mol. The number of thiophene rings is 1. The Labute approximate surface area is 81.5 Å². The molecule has 0 bridgehead atoms. The summed E-state index contributed by atoms with van der Waals surface area (Å²) in [4.78, 5) is 1.43. The van der Waals surface area contributed by atoms with Gasteiger partial charge in [-0.1, -0.05) is 18.0 Å². The van der Waals surface area contributed by atoms with E-state index in [1.807, 2.05) is 0 Å². The predicted octanol–water partition coefficient (Wildman–Crippen LogP) is 3.25. The van der Waals surface area contributed by atoms with Crippen molar-refractivity contribution in [1.29, 1.82) is 0 Å². The third kappa shape index (κ3) is 1.34. The third-order valence-corrected chi connectivity index (χ3v) is 3.95. The number of nitrogens with two attached hydrogens (primary N) is 1. The molecule has 0 aromatic carbocycles. The van der Waals surface area contributed by atoms with Crippen molar-refractivity contribution in [2.45, 2.75) is 32.1 Å². The molecule has 1 heterocycles. The van der Waals surface area contributed by atoms with Gasteiger partial charge in [-0.05, 0) is 31.2 Å². The molecule has 0 radical (unpaired) electrons. The van der Waals surface area contributed by atoms with E-state index in [0.29, 0.717) is 0 Å². The van der Waals surface area contributed by atoms with E-state index in [1.165, 1.54) is 36.1 Å². The first kappa shape index (κ1) is 8.39. The quantitative estimate of drug-likeness (QED) is 0.641. The number of hydrogen-bond donors (Lipinski definition) is 1. The van der Waals surface area contributed by atoms with Gasteiger partial charge in [-0.25, -0.2) is 0 Å². The first-order valence-electron chi connectivity index (χ1n) is 4.34. The van der Waals surface area contributed by atoms with E-state index in [0.717, 1.165) is 16.4 Å². The van der Waals surface area contributed by atoms with Crippen LogP contribution in [0.1, 0.15) is 29.7 Å². The van der Waals surface area contributed by atoms with Crippen molar-refractivity contribution in [2.75, 3.05) is 5.73 Å². The van der Waals surface area contributed by atoms with Gasteiger partial charge in [-0.3, -0.25) is 0 Å². The second-order valence-corrected chi connectivity index (χ2v) is 4.96. The number of anilines is 1. The Morgan fingerprint density at radius 2 is 1.92 bits per heavy atom. The van der Waals surface area contributed by atoms with Gasteiger partial charge in [-0.15, -0.1) is 11.3 Å². The van der Waals surface area contributed by atoms with Crippen LogP contribution in [0.3, 0.4) is 0 Å². The van der Waals surface area contributed by atoms with Crippen LogP contribution in [0.25, 0.3) is 0 Å². The van der Waals surface area contributed by atoms with Crippen LogP contribution in [0.5, 0.6) is 0 Å². The average molecular weight is 202 g/mol. The van der Waals surface area contributed by atoms with E-state index < -0.39 is 0 Å². The highest BCUT2D eigenvalue weighted by atomic mass is 35.5. The first-order chi connectivity index (χ1) is 5.79. The molecule has 1 nitrogen and oxygen atoms in total. The molecule has 0 spiro atoms. The molecule has 0 saturated heterocycles. The Bertz CT molecular complexity index is 293. The molecule has 0 atom stereocenters. The molecule has 0 unspecified atom stereocenters. The summed E-state index contributed by atoms with van der Waals surface area (Å²) in [5.41, 5.74) is 8.05. The molecule has 1 aliphatic rings. The lowest BCUT2D eigenvalue weighted by molar-refractivity contribution is 0.713. The molecular formula is C9H12ClNS. The van der Waals surface area contributed by atoms with Gasteiger partial charge in [0.25, 0.3) is 0 Å². The van der Waals surface area contributed by atoms with Crippen LogP contribution in [0.4, 0.5) is 5.69 Å². The van der Waals surface area contributed by atoms with Crippen molar-refractivity contribution in [3.63, 3.8) is 0 Å². The van der Waals surface area contributed by atoms with Gasteiger partial charge < -0.3 is 5.73 Å². The summed E-state index contributed by atoms with van der Waals surface area (Å²) in [6.07, 6.45) is 6.20. The third-order valence-electron chi connectivity index (χ3n) is 2.42. The first-order valence-corrected chi connectivity index (χ1v) is 5.54. The molecule has 0 fully saturated rings. The Hall–Kier alpha value is -0.210. The van der Waals surface area contributed by atoms with E-state index in [-0.39, 0.29) is 0 Å². The summed E-state index contributed by atoms with van der Waals surface area (Å²) in [5, 5.41) is 0. The number of aryl methyl sites for hydroxylation is 1. The second-order valence-electron chi connectivity index (χ2n) is 3.25. The van der Waals surface area contributed by atoms with E-state index in [1.54, 1.807) is 11.3 Å². The standard InChI is InChI=1S/C9H12ClNS/c10-9-8(11)6-4-2-1-3-5-7(6)12-9/h1-5,11H2. The van der Waals surface area contributed by atoms with Crippen molar-refractivity contribution in [1.82, 2.24) is 0 Å². The number of fused-ring (bicyclic) bond motifs is 1. The van der Waals surface area contributed by atoms with Crippen molar-refractivity contribution in [3.05, 3.63) is 14.8 Å². The second kappa shape index (κ2) is 3.27. The summed E-state index contributed by atoms with van der Waals surface area (Å²) in [5.74, 6) is 0.